The number of aromatic nitrogens is 2. The number of nitrogens with two attached hydrogens (primary N) is 1. The van der Waals surface area contributed by atoms with E-state index in [1.807, 2.05) is 0 Å². The van der Waals surface area contributed by atoms with Gasteiger partial charge in [-0.3, -0.25) is 4.79 Å². The van der Waals surface area contributed by atoms with Gasteiger partial charge in [0.25, 0.3) is 12.3 Å². The molecule has 3 N–H and O–H groups in total. The van der Waals surface area contributed by atoms with E-state index in [4.69, 9.17) is 5.84 Å². The summed E-state index contributed by atoms with van der Waals surface area (Å²) < 4.78 is 24.0. The van der Waals surface area contributed by atoms with Crippen molar-refractivity contribution in [2.24, 2.45) is 5.84 Å². The standard InChI is InChI=1S/C8H11F2N5O/c1-15(4-6(9)10)8(16)5-2-3-7(12-11)14-13-5/h2-3,6H,4,11H2,1H3,(H,12,14). The third kappa shape index (κ3) is 3.09. The highest BCUT2D eigenvalue weighted by atomic mass is 19.3. The number of rotatable bonds is 4. The molecule has 16 heavy (non-hydrogen) atoms. The molecule has 1 heterocycles. The van der Waals surface area contributed by atoms with Crippen molar-refractivity contribution < 1.29 is 13.6 Å². The van der Waals surface area contributed by atoms with Crippen molar-refractivity contribution in [2.75, 3.05) is 19.0 Å². The molecule has 0 aliphatic carbocycles. The predicted octanol–water partition coefficient (Wildman–Crippen LogP) is 0.0993. The van der Waals surface area contributed by atoms with Crippen LogP contribution in [0.3, 0.4) is 0 Å². The van der Waals surface area contributed by atoms with E-state index in [1.165, 1.54) is 19.2 Å². The number of hydrazine groups is 1. The van der Waals surface area contributed by atoms with Gasteiger partial charge in [-0.2, -0.15) is 0 Å². The van der Waals surface area contributed by atoms with E-state index in [-0.39, 0.29) is 11.5 Å². The van der Waals surface area contributed by atoms with Crippen molar-refractivity contribution in [3.05, 3.63) is 17.8 Å². The molecule has 1 aromatic heterocycles. The number of nitrogens with zero attached hydrogens (tertiary/aromatic N) is 3. The number of amides is 1. The van der Waals surface area contributed by atoms with Crippen LogP contribution in [-0.4, -0.2) is 41.0 Å². The van der Waals surface area contributed by atoms with Gasteiger partial charge in [0.15, 0.2) is 11.5 Å². The Kier molecular flexibility index (Phi) is 4.06. The smallest absolute Gasteiger partial charge is 0.274 e. The number of nitrogens with one attached hydrogen (secondary N) is 1. The van der Waals surface area contributed by atoms with Crippen LogP contribution in [0.1, 0.15) is 10.5 Å². The van der Waals surface area contributed by atoms with Gasteiger partial charge in [-0.05, 0) is 12.1 Å². The van der Waals surface area contributed by atoms with Gasteiger partial charge in [-0.25, -0.2) is 14.6 Å². The SMILES string of the molecule is CN(CC(F)F)C(=O)c1ccc(NN)nn1. The van der Waals surface area contributed by atoms with Crippen LogP contribution in [0.2, 0.25) is 0 Å². The zero-order valence-corrected chi connectivity index (χ0v) is 8.52. The summed E-state index contributed by atoms with van der Waals surface area (Å²) in [5, 5.41) is 7.11. The molecule has 1 aromatic rings. The first-order chi connectivity index (χ1) is 7.54. The Morgan fingerprint density at radius 1 is 1.56 bits per heavy atom. The van der Waals surface area contributed by atoms with Crippen molar-refractivity contribution >= 4 is 11.7 Å². The monoisotopic (exact) mass is 231 g/mol. The second-order valence-electron chi connectivity index (χ2n) is 3.02. The van der Waals surface area contributed by atoms with Crippen molar-refractivity contribution in [1.29, 1.82) is 0 Å². The Balaban J connectivity index is 2.72. The second kappa shape index (κ2) is 5.31. The third-order valence-electron chi connectivity index (χ3n) is 1.79. The van der Waals surface area contributed by atoms with E-state index < -0.39 is 18.9 Å². The van der Waals surface area contributed by atoms with E-state index in [2.05, 4.69) is 15.6 Å². The maximum absolute atomic E-state index is 12.0. The van der Waals surface area contributed by atoms with Gasteiger partial charge in [0.05, 0.1) is 6.54 Å². The number of anilines is 1. The molecular formula is C8H11F2N5O. The Morgan fingerprint density at radius 2 is 2.25 bits per heavy atom. The van der Waals surface area contributed by atoms with E-state index in [1.54, 1.807) is 0 Å². The van der Waals surface area contributed by atoms with Crippen LogP contribution in [0.15, 0.2) is 12.1 Å². The molecule has 0 unspecified atom stereocenters. The van der Waals surface area contributed by atoms with E-state index >= 15 is 0 Å². The molecule has 88 valence electrons. The van der Waals surface area contributed by atoms with Crippen LogP contribution in [0.4, 0.5) is 14.6 Å². The predicted molar refractivity (Wildman–Crippen MR) is 52.8 cm³/mol. The molecule has 0 aromatic carbocycles. The molecule has 0 saturated heterocycles. The molecular weight excluding hydrogens is 220 g/mol. The summed E-state index contributed by atoms with van der Waals surface area (Å²) in [6, 6.07) is 2.78. The lowest BCUT2D eigenvalue weighted by atomic mass is 10.3. The molecule has 0 radical (unpaired) electrons. The first kappa shape index (κ1) is 12.2. The molecule has 0 bridgehead atoms. The van der Waals surface area contributed by atoms with Crippen LogP contribution >= 0.6 is 0 Å². The first-order valence-electron chi connectivity index (χ1n) is 4.38. The Morgan fingerprint density at radius 3 is 2.69 bits per heavy atom. The van der Waals surface area contributed by atoms with Crippen LogP contribution in [0.5, 0.6) is 0 Å². The average Bonchev–Trinajstić information content (AvgIpc) is 2.27. The largest absolute Gasteiger partial charge is 0.335 e. The fourth-order valence-electron chi connectivity index (χ4n) is 1.01. The Bertz CT molecular complexity index is 356. The lowest BCUT2D eigenvalue weighted by Crippen LogP contribution is -2.32. The molecule has 1 rings (SSSR count). The molecule has 0 spiro atoms. The number of halogens is 2. The van der Waals surface area contributed by atoms with Crippen LogP contribution in [-0.2, 0) is 0 Å². The van der Waals surface area contributed by atoms with Crippen LogP contribution in [0.25, 0.3) is 0 Å². The Hall–Kier alpha value is -1.83. The summed E-state index contributed by atoms with van der Waals surface area (Å²) in [6.45, 7) is -0.641. The zero-order chi connectivity index (χ0) is 12.1. The summed E-state index contributed by atoms with van der Waals surface area (Å²) >= 11 is 0. The van der Waals surface area contributed by atoms with Gasteiger partial charge in [0, 0.05) is 7.05 Å². The minimum Gasteiger partial charge on any atom is -0.335 e. The van der Waals surface area contributed by atoms with Crippen molar-refractivity contribution in [3.63, 3.8) is 0 Å². The minimum atomic E-state index is -2.58. The normalized spacial score (nSPS) is 10.3. The van der Waals surface area contributed by atoms with Crippen LogP contribution in [0, 0.1) is 0 Å². The van der Waals surface area contributed by atoms with Crippen molar-refractivity contribution in [1.82, 2.24) is 15.1 Å². The van der Waals surface area contributed by atoms with Gasteiger partial charge in [-0.1, -0.05) is 0 Å². The lowest BCUT2D eigenvalue weighted by Gasteiger charge is -2.15. The fourth-order valence-corrected chi connectivity index (χ4v) is 1.01. The number of alkyl halides is 2. The first-order valence-corrected chi connectivity index (χ1v) is 4.38. The second-order valence-corrected chi connectivity index (χ2v) is 3.02. The van der Waals surface area contributed by atoms with Gasteiger partial charge < -0.3 is 10.3 Å². The molecule has 0 aliphatic heterocycles. The molecule has 0 aliphatic rings. The number of carbonyl (C=O) groups excluding carboxylic acids is 1. The summed E-state index contributed by atoms with van der Waals surface area (Å²) in [7, 11) is 1.27. The zero-order valence-electron chi connectivity index (χ0n) is 8.52. The molecule has 8 heteroatoms. The Labute approximate surface area is 90.4 Å². The molecule has 0 atom stereocenters. The van der Waals surface area contributed by atoms with Crippen LogP contribution < -0.4 is 11.3 Å². The topological polar surface area (TPSA) is 84.1 Å². The van der Waals surface area contributed by atoms with Gasteiger partial charge >= 0.3 is 0 Å². The molecule has 0 saturated carbocycles. The minimum absolute atomic E-state index is 0.0119. The quantitative estimate of drug-likeness (QED) is 0.567. The number of nitrogen functional groups attached to an aromatic ring is 1. The lowest BCUT2D eigenvalue weighted by molar-refractivity contribution is 0.0614. The highest BCUT2D eigenvalue weighted by molar-refractivity contribution is 5.92. The van der Waals surface area contributed by atoms with Crippen molar-refractivity contribution in [2.45, 2.75) is 6.43 Å². The summed E-state index contributed by atoms with van der Waals surface area (Å²) in [5.41, 5.74) is 2.22. The summed E-state index contributed by atoms with van der Waals surface area (Å²) in [4.78, 5) is 12.4. The number of carbonyl (C=O) groups is 1. The summed E-state index contributed by atoms with van der Waals surface area (Å²) in [6.07, 6.45) is -2.58. The third-order valence-corrected chi connectivity index (χ3v) is 1.79. The van der Waals surface area contributed by atoms with E-state index in [0.29, 0.717) is 0 Å². The average molecular weight is 231 g/mol. The maximum Gasteiger partial charge on any atom is 0.274 e. The van der Waals surface area contributed by atoms with E-state index in [9.17, 15) is 13.6 Å². The molecule has 6 nitrogen and oxygen atoms in total. The number of hydrogen-bond donors (Lipinski definition) is 2. The van der Waals surface area contributed by atoms with Gasteiger partial charge in [0.2, 0.25) is 0 Å². The summed E-state index contributed by atoms with van der Waals surface area (Å²) in [5.74, 6) is 4.73. The van der Waals surface area contributed by atoms with Gasteiger partial charge in [-0.15, -0.1) is 10.2 Å². The molecule has 0 fully saturated rings. The van der Waals surface area contributed by atoms with E-state index in [0.717, 1.165) is 4.90 Å². The highest BCUT2D eigenvalue weighted by Gasteiger charge is 2.17. The van der Waals surface area contributed by atoms with Gasteiger partial charge in [0.1, 0.15) is 0 Å². The maximum atomic E-state index is 12.0. The fraction of sp³-hybridized carbons (Fsp3) is 0.375. The van der Waals surface area contributed by atoms with Crippen molar-refractivity contribution in [3.8, 4) is 0 Å². The highest BCUT2D eigenvalue weighted by Crippen LogP contribution is 2.04. The number of hydrogen-bond acceptors (Lipinski definition) is 5. The molecule has 1 amide bonds.